The normalized spacial score (nSPS) is 31.7. The van der Waals surface area contributed by atoms with E-state index in [-0.39, 0.29) is 75.6 Å². The minimum absolute atomic E-state index is 0.000629. The summed E-state index contributed by atoms with van der Waals surface area (Å²) >= 11 is 0. The maximum atomic E-state index is 14.3. The Hall–Kier alpha value is -3.41. The van der Waals surface area contributed by atoms with Crippen molar-refractivity contribution in [1.29, 1.82) is 0 Å². The van der Waals surface area contributed by atoms with Crippen molar-refractivity contribution in [1.82, 2.24) is 36.8 Å². The van der Waals surface area contributed by atoms with Gasteiger partial charge in [0.2, 0.25) is 29.5 Å². The van der Waals surface area contributed by atoms with Crippen LogP contribution in [0.25, 0.3) is 0 Å². The van der Waals surface area contributed by atoms with E-state index in [1.807, 2.05) is 0 Å². The third kappa shape index (κ3) is 19.9. The predicted octanol–water partition coefficient (Wildman–Crippen LogP) is -0.856. The van der Waals surface area contributed by atoms with Gasteiger partial charge in [-0.1, -0.05) is 19.4 Å². The van der Waals surface area contributed by atoms with Crippen LogP contribution in [0.15, 0.2) is 12.7 Å². The molecule has 1 unspecified atom stereocenters. The van der Waals surface area contributed by atoms with Crippen LogP contribution in [0, 0.1) is 5.92 Å². The zero-order chi connectivity index (χ0) is 52.9. The van der Waals surface area contributed by atoms with E-state index in [4.69, 9.17) is 43.9 Å². The predicted molar refractivity (Wildman–Crippen MR) is 264 cm³/mol. The molecule has 0 aliphatic carbocycles. The number of Topliss-reactive ketones (excluding diaryl/α,β-unsaturated/α-hetero) is 1. The van der Waals surface area contributed by atoms with Crippen LogP contribution in [-0.2, 0) is 47.7 Å². The topological polar surface area (TPSA) is 275 Å². The van der Waals surface area contributed by atoms with Gasteiger partial charge in [0.05, 0.1) is 130 Å². The number of nitrogens with one attached hydrogen (secondary N) is 6. The second-order valence-corrected chi connectivity index (χ2v) is 19.1. The minimum Gasteiger partial charge on any atom is -0.391 e. The molecule has 0 aromatic rings. The van der Waals surface area contributed by atoms with E-state index in [0.717, 1.165) is 11.4 Å². The number of hydrogen-bond acceptors (Lipinski definition) is 15. The van der Waals surface area contributed by atoms with E-state index in [2.05, 4.69) is 33.2 Å². The molecule has 3 fully saturated rings. The number of aliphatic hydroxyl groups excluding tert-OH is 3. The van der Waals surface area contributed by atoms with Gasteiger partial charge < -0.3 is 65.7 Å². The number of carbonyl (C=O) groups is 6. The Morgan fingerprint density at radius 1 is 0.714 bits per heavy atom. The quantitative estimate of drug-likeness (QED) is 0.0184. The molecule has 9 N–H and O–H groups in total. The first-order chi connectivity index (χ1) is 33.5. The van der Waals surface area contributed by atoms with Gasteiger partial charge in [-0.25, -0.2) is 0 Å². The van der Waals surface area contributed by atoms with Crippen LogP contribution in [0.1, 0.15) is 106 Å². The monoisotopic (exact) mass is 986 g/mol. The highest BCUT2D eigenvalue weighted by atomic mass is 16.5. The van der Waals surface area contributed by atoms with Crippen molar-refractivity contribution >= 4 is 58.9 Å². The lowest BCUT2D eigenvalue weighted by molar-refractivity contribution is -0.138. The van der Waals surface area contributed by atoms with Gasteiger partial charge in [-0.3, -0.25) is 34.1 Å². The molecule has 3 aliphatic rings. The first-order valence-corrected chi connectivity index (χ1v) is 24.9. The van der Waals surface area contributed by atoms with Crippen molar-refractivity contribution in [3.05, 3.63) is 12.7 Å². The molecule has 16 atom stereocenters. The molecule has 0 aromatic heterocycles. The molecular formula is C47H80B3N7O13. The average molecular weight is 986 g/mol. The molecule has 3 saturated heterocycles. The summed E-state index contributed by atoms with van der Waals surface area (Å²) in [5.41, 5.74) is 0. The zero-order valence-corrected chi connectivity index (χ0v) is 42.1. The molecule has 0 aromatic carbocycles. The number of rotatable bonds is 30. The molecule has 6 radical (unpaired) electrons. The van der Waals surface area contributed by atoms with E-state index < -0.39 is 102 Å². The molecule has 3 heterocycles. The number of unbranched alkanes of at least 4 members (excludes halogenated alkanes) is 3. The molecule has 390 valence electrons. The largest absolute Gasteiger partial charge is 0.391 e. The van der Waals surface area contributed by atoms with Crippen LogP contribution >= 0.6 is 0 Å². The van der Waals surface area contributed by atoms with E-state index in [0.29, 0.717) is 64.2 Å². The lowest BCUT2D eigenvalue weighted by Crippen LogP contribution is -2.57. The second kappa shape index (κ2) is 31.2. The first kappa shape index (κ1) is 59.2. The third-order valence-electron chi connectivity index (χ3n) is 13.4. The number of hydrogen-bond donors (Lipinski definition) is 9. The summed E-state index contributed by atoms with van der Waals surface area (Å²) in [6.45, 7) is 12.5. The smallest absolute Gasteiger partial charge is 0.244 e. The van der Waals surface area contributed by atoms with E-state index >= 15 is 0 Å². The number of nitrogens with zero attached hydrogens (tertiary/aromatic N) is 1. The Bertz CT molecular complexity index is 1720. The SMILES string of the molecule is [3H]N(CCCC[C@H]1O[C@H](C)[C@H](O)[C@H]([B])[C@H]1NC(C)=O)CC(=O)N(CCCC[C@@H]1O[C@@H](C)[C@@H](O)[C@@H]([B])[C@@H]1NC(C)=O)CC(=O)C(CCCC[C@H]1O[C@H](C)[C@H](O)[C@H]([B])[C@H]1NC(C)=O)COCNCNC(=O)C=C. The van der Waals surface area contributed by atoms with Gasteiger partial charge in [-0.15, -0.1) is 0 Å². The van der Waals surface area contributed by atoms with Gasteiger partial charge in [0.1, 0.15) is 1.41 Å². The summed E-state index contributed by atoms with van der Waals surface area (Å²) in [7, 11) is 18.9. The van der Waals surface area contributed by atoms with Crippen molar-refractivity contribution in [2.75, 3.05) is 46.2 Å². The summed E-state index contributed by atoms with van der Waals surface area (Å²) in [4.78, 5) is 77.5. The van der Waals surface area contributed by atoms with Crippen LogP contribution in [0.4, 0.5) is 0 Å². The molecular weight excluding hydrogens is 903 g/mol. The van der Waals surface area contributed by atoms with E-state index in [1.165, 1.54) is 25.7 Å². The Morgan fingerprint density at radius 2 is 1.16 bits per heavy atom. The molecule has 70 heavy (non-hydrogen) atoms. The summed E-state index contributed by atoms with van der Waals surface area (Å²) in [6.07, 6.45) is -0.0929. The fourth-order valence-corrected chi connectivity index (χ4v) is 9.38. The third-order valence-corrected chi connectivity index (χ3v) is 13.4. The van der Waals surface area contributed by atoms with Crippen LogP contribution in [0.2, 0.25) is 18.9 Å². The van der Waals surface area contributed by atoms with Gasteiger partial charge in [0, 0.05) is 33.2 Å². The number of ketones is 1. The first-order valence-electron chi connectivity index (χ1n) is 25.3. The van der Waals surface area contributed by atoms with Crippen molar-refractivity contribution in [2.24, 2.45) is 5.92 Å². The van der Waals surface area contributed by atoms with Crippen LogP contribution in [0.5, 0.6) is 0 Å². The van der Waals surface area contributed by atoms with Crippen LogP contribution in [0.3, 0.4) is 0 Å². The van der Waals surface area contributed by atoms with Gasteiger partial charge in [-0.05, 0) is 102 Å². The molecule has 23 heteroatoms. The molecule has 0 spiro atoms. The van der Waals surface area contributed by atoms with Crippen molar-refractivity contribution < 1.29 is 64.4 Å². The maximum Gasteiger partial charge on any atom is 0.244 e. The molecule has 20 nitrogen and oxygen atoms in total. The lowest BCUT2D eigenvalue weighted by atomic mass is 9.70. The van der Waals surface area contributed by atoms with Gasteiger partial charge in [-0.2, -0.15) is 0 Å². The highest BCUT2D eigenvalue weighted by Crippen LogP contribution is 2.33. The zero-order valence-electron chi connectivity index (χ0n) is 43.1. The Balaban J connectivity index is 1.73. The molecule has 5 amide bonds. The average Bonchev–Trinajstić information content (AvgIpc) is 3.31. The fourth-order valence-electron chi connectivity index (χ4n) is 9.38. The maximum absolute atomic E-state index is 14.3. The minimum atomic E-state index is -0.990. The number of amides is 5. The second-order valence-electron chi connectivity index (χ2n) is 19.1. The lowest BCUT2D eigenvalue weighted by Gasteiger charge is -2.43. The number of aliphatic hydroxyl groups is 3. The molecule has 3 aliphatic heterocycles. The van der Waals surface area contributed by atoms with Crippen LogP contribution in [-0.4, -0.2) is 198 Å². The summed E-state index contributed by atoms with van der Waals surface area (Å²) < 4.78 is 32.7. The Morgan fingerprint density at radius 3 is 1.60 bits per heavy atom. The highest BCUT2D eigenvalue weighted by Gasteiger charge is 2.43. The fraction of sp³-hybridized carbons (Fsp3) is 0.830. The Labute approximate surface area is 420 Å². The van der Waals surface area contributed by atoms with Crippen molar-refractivity contribution in [3.63, 3.8) is 0 Å². The summed E-state index contributed by atoms with van der Waals surface area (Å²) in [5, 5.41) is 46.6. The molecule has 3 rings (SSSR count). The van der Waals surface area contributed by atoms with Crippen LogP contribution < -0.4 is 31.9 Å². The molecule has 0 saturated carbocycles. The standard InChI is InChI=1S/C47H80B3N7O13/c1-8-37(62)53-24-52-25-67-23-32(15-9-10-16-34-42(54-29(5)58)39(48)45(64)26(2)68-34)33(61)22-57(20-14-12-18-36-44(56-31(7)60)41(50)47(66)28(4)70-36)38(63)21-51-19-13-11-17-35-43(55-30(6)59)40(49)46(65)27(3)69-35/h8,26-28,32,34-36,39-47,51-52,64-66H,1,9-25H2,2-7H3,(H,53,62)(H,54,58)(H,55,59)(H,56,60)/t26-,27-,28+,32?,34-,35-,36+,39-,40-,41+,42+,43+,44-,45+,46+,47-/m1/s1/i/hT. The van der Waals surface area contributed by atoms with Gasteiger partial charge in [0.15, 0.2) is 5.78 Å². The molecule has 0 bridgehead atoms. The van der Waals surface area contributed by atoms with Crippen molar-refractivity contribution in [2.45, 2.75) is 196 Å². The van der Waals surface area contributed by atoms with Crippen molar-refractivity contribution in [3.8, 4) is 0 Å². The number of ether oxygens (including phenoxy) is 4. The van der Waals surface area contributed by atoms with E-state index in [1.54, 1.807) is 20.8 Å². The summed E-state index contributed by atoms with van der Waals surface area (Å²) in [5.74, 6) is -4.95. The van der Waals surface area contributed by atoms with Gasteiger partial charge in [0.25, 0.3) is 0 Å². The van der Waals surface area contributed by atoms with Gasteiger partial charge >= 0.3 is 0 Å². The summed E-state index contributed by atoms with van der Waals surface area (Å²) in [6, 6.07) is -1.88. The number of carbonyl (C=O) groups excluding carboxylic acids is 6. The Kier molecular flexibility index (Phi) is 26.4. The highest BCUT2D eigenvalue weighted by molar-refractivity contribution is 6.13. The van der Waals surface area contributed by atoms with E-state index in [9.17, 15) is 44.1 Å².